The van der Waals surface area contributed by atoms with E-state index in [0.29, 0.717) is 18.9 Å². The smallest absolute Gasteiger partial charge is 0.224 e. The van der Waals surface area contributed by atoms with Crippen molar-refractivity contribution in [3.05, 3.63) is 21.9 Å². The average Bonchev–Trinajstić information content (AvgIpc) is 2.96. The summed E-state index contributed by atoms with van der Waals surface area (Å²) in [6, 6.07) is 4.25. The Morgan fingerprint density at radius 3 is 2.83 bits per heavy atom. The van der Waals surface area contributed by atoms with Gasteiger partial charge < -0.3 is 15.5 Å². The van der Waals surface area contributed by atoms with E-state index in [-0.39, 0.29) is 29.9 Å². The number of rotatable bonds is 5. The number of likely N-dealkylation sites (tertiary alicyclic amines) is 1. The summed E-state index contributed by atoms with van der Waals surface area (Å²) in [5.74, 6) is 1.62. The molecule has 1 saturated heterocycles. The fourth-order valence-corrected chi connectivity index (χ4v) is 3.66. The number of aryl methyl sites for hydroxylation is 1. The van der Waals surface area contributed by atoms with Crippen molar-refractivity contribution in [2.45, 2.75) is 39.7 Å². The van der Waals surface area contributed by atoms with Gasteiger partial charge in [0.2, 0.25) is 5.91 Å². The highest BCUT2D eigenvalue weighted by atomic mass is 127. The van der Waals surface area contributed by atoms with Gasteiger partial charge in [-0.25, -0.2) is 0 Å². The van der Waals surface area contributed by atoms with Gasteiger partial charge in [0.1, 0.15) is 0 Å². The first-order valence-corrected chi connectivity index (χ1v) is 9.17. The van der Waals surface area contributed by atoms with Gasteiger partial charge in [0.25, 0.3) is 0 Å². The van der Waals surface area contributed by atoms with Crippen molar-refractivity contribution in [1.82, 2.24) is 15.5 Å². The molecule has 7 heteroatoms. The monoisotopic (exact) mass is 464 g/mol. The van der Waals surface area contributed by atoms with E-state index in [4.69, 9.17) is 0 Å². The van der Waals surface area contributed by atoms with Gasteiger partial charge in [0.05, 0.1) is 6.54 Å². The van der Waals surface area contributed by atoms with Gasteiger partial charge in [-0.05, 0) is 37.8 Å². The molecule has 0 radical (unpaired) electrons. The standard InChI is InChI=1S/C17H28N4OS.HI/c1-13-5-4-10-21(12-13)16(22)8-9-19-17(18-3)20-11-15-7-6-14(2)23-15;/h6-7,13H,4-5,8-12H2,1-3H3,(H2,18,19,20);1H. The van der Waals surface area contributed by atoms with Crippen LogP contribution in [0.25, 0.3) is 0 Å². The Kier molecular flexibility index (Phi) is 9.65. The summed E-state index contributed by atoms with van der Waals surface area (Å²) in [4.78, 5) is 21.0. The topological polar surface area (TPSA) is 56.7 Å². The fraction of sp³-hybridized carbons (Fsp3) is 0.647. The number of aliphatic imine (C=N–C) groups is 1. The lowest BCUT2D eigenvalue weighted by Crippen LogP contribution is -2.42. The highest BCUT2D eigenvalue weighted by molar-refractivity contribution is 14.0. The minimum absolute atomic E-state index is 0. The molecule has 2 heterocycles. The maximum atomic E-state index is 12.2. The molecule has 1 aliphatic rings. The lowest BCUT2D eigenvalue weighted by Gasteiger charge is -2.31. The van der Waals surface area contributed by atoms with E-state index in [2.05, 4.69) is 41.6 Å². The normalized spacial score (nSPS) is 18.0. The predicted octanol–water partition coefficient (Wildman–Crippen LogP) is 2.99. The third-order valence-corrected chi connectivity index (χ3v) is 5.09. The summed E-state index contributed by atoms with van der Waals surface area (Å²) in [5.41, 5.74) is 0. The van der Waals surface area contributed by atoms with Crippen LogP contribution in [0.5, 0.6) is 0 Å². The van der Waals surface area contributed by atoms with E-state index in [0.717, 1.165) is 32.0 Å². The highest BCUT2D eigenvalue weighted by Crippen LogP contribution is 2.16. The van der Waals surface area contributed by atoms with Crippen LogP contribution >= 0.6 is 35.3 Å². The van der Waals surface area contributed by atoms with Crippen LogP contribution in [0.3, 0.4) is 0 Å². The molecule has 1 atom stereocenters. The maximum absolute atomic E-state index is 12.2. The van der Waals surface area contributed by atoms with Crippen molar-refractivity contribution in [2.75, 3.05) is 26.7 Å². The Bertz CT molecular complexity index is 546. The second kappa shape index (κ2) is 10.9. The molecule has 1 amide bonds. The zero-order valence-corrected chi connectivity index (χ0v) is 17.9. The number of guanidine groups is 1. The number of piperidine rings is 1. The number of thiophene rings is 1. The zero-order valence-electron chi connectivity index (χ0n) is 14.8. The summed E-state index contributed by atoms with van der Waals surface area (Å²) < 4.78 is 0. The molecule has 1 fully saturated rings. The molecule has 1 unspecified atom stereocenters. The van der Waals surface area contributed by atoms with E-state index in [9.17, 15) is 4.79 Å². The number of hydrogen-bond acceptors (Lipinski definition) is 3. The number of amides is 1. The van der Waals surface area contributed by atoms with Crippen LogP contribution < -0.4 is 10.6 Å². The van der Waals surface area contributed by atoms with Crippen molar-refractivity contribution >= 4 is 47.2 Å². The van der Waals surface area contributed by atoms with Crippen LogP contribution in [-0.4, -0.2) is 43.4 Å². The van der Waals surface area contributed by atoms with Crippen LogP contribution in [0.1, 0.15) is 35.9 Å². The predicted molar refractivity (Wildman–Crippen MR) is 112 cm³/mol. The van der Waals surface area contributed by atoms with Crippen LogP contribution in [-0.2, 0) is 11.3 Å². The van der Waals surface area contributed by atoms with Gasteiger partial charge in [0, 0.05) is 42.9 Å². The van der Waals surface area contributed by atoms with Crippen LogP contribution in [0, 0.1) is 12.8 Å². The number of halogens is 1. The summed E-state index contributed by atoms with van der Waals surface area (Å²) in [5, 5.41) is 6.51. The summed E-state index contributed by atoms with van der Waals surface area (Å²) in [6.45, 7) is 7.52. The van der Waals surface area contributed by atoms with Crippen LogP contribution in [0.4, 0.5) is 0 Å². The Morgan fingerprint density at radius 1 is 1.42 bits per heavy atom. The molecule has 0 aromatic carbocycles. The Morgan fingerprint density at radius 2 is 2.21 bits per heavy atom. The van der Waals surface area contributed by atoms with E-state index >= 15 is 0 Å². The Labute approximate surface area is 166 Å². The number of nitrogens with zero attached hydrogens (tertiary/aromatic N) is 2. The first kappa shape index (κ1) is 21.2. The molecule has 1 aromatic rings. The first-order valence-electron chi connectivity index (χ1n) is 8.36. The third-order valence-electron chi connectivity index (χ3n) is 4.09. The molecule has 24 heavy (non-hydrogen) atoms. The van der Waals surface area contributed by atoms with Gasteiger partial charge in [-0.2, -0.15) is 0 Å². The second-order valence-corrected chi connectivity index (χ2v) is 7.57. The van der Waals surface area contributed by atoms with Crippen LogP contribution in [0.2, 0.25) is 0 Å². The molecule has 136 valence electrons. The van der Waals surface area contributed by atoms with Gasteiger partial charge >= 0.3 is 0 Å². The third kappa shape index (κ3) is 6.96. The molecule has 0 saturated carbocycles. The van der Waals surface area contributed by atoms with E-state index < -0.39 is 0 Å². The Hall–Kier alpha value is -0.830. The van der Waals surface area contributed by atoms with E-state index in [1.165, 1.54) is 16.2 Å². The average molecular weight is 464 g/mol. The van der Waals surface area contributed by atoms with E-state index in [1.807, 2.05) is 4.90 Å². The number of nitrogens with one attached hydrogen (secondary N) is 2. The van der Waals surface area contributed by atoms with Crippen molar-refractivity contribution in [3.63, 3.8) is 0 Å². The Balaban J connectivity index is 0.00000288. The molecule has 0 aliphatic carbocycles. The number of carbonyl (C=O) groups is 1. The molecule has 0 bridgehead atoms. The van der Waals surface area contributed by atoms with E-state index in [1.54, 1.807) is 18.4 Å². The van der Waals surface area contributed by atoms with Gasteiger partial charge in [0.15, 0.2) is 5.96 Å². The molecule has 1 aromatic heterocycles. The van der Waals surface area contributed by atoms with Crippen molar-refractivity contribution < 1.29 is 4.79 Å². The highest BCUT2D eigenvalue weighted by Gasteiger charge is 2.20. The van der Waals surface area contributed by atoms with Crippen molar-refractivity contribution in [1.29, 1.82) is 0 Å². The van der Waals surface area contributed by atoms with Gasteiger partial charge in [-0.1, -0.05) is 6.92 Å². The minimum atomic E-state index is 0. The number of carbonyl (C=O) groups excluding carboxylic acids is 1. The molecular formula is C17H29IN4OS. The SMILES string of the molecule is CN=C(NCCC(=O)N1CCCC(C)C1)NCc1ccc(C)s1.I. The summed E-state index contributed by atoms with van der Waals surface area (Å²) >= 11 is 1.78. The summed E-state index contributed by atoms with van der Waals surface area (Å²) in [7, 11) is 1.75. The lowest BCUT2D eigenvalue weighted by atomic mass is 10.00. The lowest BCUT2D eigenvalue weighted by molar-refractivity contribution is -0.132. The van der Waals surface area contributed by atoms with Crippen molar-refractivity contribution in [3.8, 4) is 0 Å². The first-order chi connectivity index (χ1) is 11.1. The van der Waals surface area contributed by atoms with Gasteiger partial charge in [-0.3, -0.25) is 9.79 Å². The molecule has 5 nitrogen and oxygen atoms in total. The van der Waals surface area contributed by atoms with Gasteiger partial charge in [-0.15, -0.1) is 35.3 Å². The quantitative estimate of drug-likeness (QED) is 0.400. The molecule has 2 rings (SSSR count). The zero-order chi connectivity index (χ0) is 16.7. The molecular weight excluding hydrogens is 435 g/mol. The second-order valence-electron chi connectivity index (χ2n) is 6.20. The largest absolute Gasteiger partial charge is 0.356 e. The van der Waals surface area contributed by atoms with Crippen molar-refractivity contribution in [2.24, 2.45) is 10.9 Å². The molecule has 0 spiro atoms. The molecule has 1 aliphatic heterocycles. The molecule has 2 N–H and O–H groups in total. The fourth-order valence-electron chi connectivity index (χ4n) is 2.83. The maximum Gasteiger partial charge on any atom is 0.224 e. The number of hydrogen-bond donors (Lipinski definition) is 2. The minimum Gasteiger partial charge on any atom is -0.356 e. The van der Waals surface area contributed by atoms with Crippen LogP contribution in [0.15, 0.2) is 17.1 Å². The summed E-state index contributed by atoms with van der Waals surface area (Å²) in [6.07, 6.45) is 2.89.